The van der Waals surface area contributed by atoms with E-state index in [1.807, 2.05) is 51.2 Å². The van der Waals surface area contributed by atoms with E-state index >= 15 is 0 Å². The predicted octanol–water partition coefficient (Wildman–Crippen LogP) is 4.21. The van der Waals surface area contributed by atoms with E-state index in [2.05, 4.69) is 38.5 Å². The Morgan fingerprint density at radius 3 is 2.05 bits per heavy atom. The molecule has 4 nitrogen and oxygen atoms in total. The van der Waals surface area contributed by atoms with Crippen molar-refractivity contribution in [2.45, 2.75) is 20.8 Å². The molecule has 0 unspecified atom stereocenters. The summed E-state index contributed by atoms with van der Waals surface area (Å²) in [6.45, 7) is 5.93. The number of aromatic nitrogens is 3. The van der Waals surface area contributed by atoms with Crippen LogP contribution < -0.4 is 5.32 Å². The Morgan fingerprint density at radius 1 is 0.727 bits per heavy atom. The van der Waals surface area contributed by atoms with E-state index in [4.69, 9.17) is 0 Å². The number of anilines is 2. The van der Waals surface area contributed by atoms with Gasteiger partial charge in [-0.3, -0.25) is 4.98 Å². The van der Waals surface area contributed by atoms with Crippen LogP contribution in [0.25, 0.3) is 11.1 Å². The summed E-state index contributed by atoms with van der Waals surface area (Å²) in [5, 5.41) is 3.24. The van der Waals surface area contributed by atoms with Crippen LogP contribution >= 0.6 is 0 Å². The molecule has 0 spiro atoms. The van der Waals surface area contributed by atoms with Gasteiger partial charge in [0.15, 0.2) is 0 Å². The average Bonchev–Trinajstić information content (AvgIpc) is 2.47. The fourth-order valence-electron chi connectivity index (χ4n) is 2.38. The van der Waals surface area contributed by atoms with Crippen LogP contribution in [-0.2, 0) is 0 Å². The fraction of sp³-hybridized carbons (Fsp3) is 0.167. The van der Waals surface area contributed by atoms with Crippen molar-refractivity contribution in [3.63, 3.8) is 0 Å². The Hall–Kier alpha value is -2.75. The molecule has 0 aliphatic rings. The molecule has 22 heavy (non-hydrogen) atoms. The van der Waals surface area contributed by atoms with Crippen LogP contribution in [0.2, 0.25) is 0 Å². The highest BCUT2D eigenvalue weighted by atomic mass is 15.1. The minimum absolute atomic E-state index is 0.630. The Kier molecular flexibility index (Phi) is 3.83. The lowest BCUT2D eigenvalue weighted by atomic mass is 10.1. The van der Waals surface area contributed by atoms with Crippen LogP contribution in [0.4, 0.5) is 11.6 Å². The molecule has 1 N–H and O–H groups in total. The molecule has 0 amide bonds. The van der Waals surface area contributed by atoms with Gasteiger partial charge in [0.25, 0.3) is 0 Å². The van der Waals surface area contributed by atoms with Gasteiger partial charge in [-0.05, 0) is 62.2 Å². The Morgan fingerprint density at radius 2 is 1.41 bits per heavy atom. The first-order valence-electron chi connectivity index (χ1n) is 7.22. The molecule has 0 radical (unpaired) electrons. The smallest absolute Gasteiger partial charge is 0.227 e. The predicted molar refractivity (Wildman–Crippen MR) is 89.2 cm³/mol. The van der Waals surface area contributed by atoms with E-state index in [9.17, 15) is 0 Å². The minimum atomic E-state index is 0.630. The van der Waals surface area contributed by atoms with Crippen LogP contribution in [0.5, 0.6) is 0 Å². The molecule has 1 aromatic carbocycles. The summed E-state index contributed by atoms with van der Waals surface area (Å²) in [6, 6.07) is 14.3. The van der Waals surface area contributed by atoms with Crippen molar-refractivity contribution >= 4 is 11.6 Å². The molecule has 2 heterocycles. The molecule has 3 rings (SSSR count). The second-order valence-electron chi connectivity index (χ2n) is 5.36. The quantitative estimate of drug-likeness (QED) is 0.785. The molecule has 0 bridgehead atoms. The molecule has 3 aromatic rings. The van der Waals surface area contributed by atoms with Crippen molar-refractivity contribution < 1.29 is 0 Å². The maximum absolute atomic E-state index is 4.39. The average molecular weight is 290 g/mol. The molecular formula is C18H18N4. The third-order valence-corrected chi connectivity index (χ3v) is 3.35. The van der Waals surface area contributed by atoms with Gasteiger partial charge in [0, 0.05) is 29.0 Å². The maximum Gasteiger partial charge on any atom is 0.227 e. The van der Waals surface area contributed by atoms with Gasteiger partial charge in [0.2, 0.25) is 5.95 Å². The first kappa shape index (κ1) is 14.2. The van der Waals surface area contributed by atoms with E-state index in [0.717, 1.165) is 28.3 Å². The van der Waals surface area contributed by atoms with Crippen LogP contribution in [0.3, 0.4) is 0 Å². The maximum atomic E-state index is 4.39. The molecule has 0 saturated carbocycles. The highest BCUT2D eigenvalue weighted by molar-refractivity contribution is 5.67. The van der Waals surface area contributed by atoms with Crippen LogP contribution in [0, 0.1) is 20.8 Å². The lowest BCUT2D eigenvalue weighted by Crippen LogP contribution is -1.99. The fourth-order valence-corrected chi connectivity index (χ4v) is 2.38. The first-order valence-corrected chi connectivity index (χ1v) is 7.22. The summed E-state index contributed by atoms with van der Waals surface area (Å²) in [4.78, 5) is 13.0. The summed E-state index contributed by atoms with van der Waals surface area (Å²) in [5.74, 6) is 0.630. The highest BCUT2D eigenvalue weighted by Crippen LogP contribution is 2.22. The van der Waals surface area contributed by atoms with Crippen molar-refractivity contribution in [3.8, 4) is 11.1 Å². The second-order valence-corrected chi connectivity index (χ2v) is 5.36. The van der Waals surface area contributed by atoms with Gasteiger partial charge < -0.3 is 5.32 Å². The molecule has 110 valence electrons. The summed E-state index contributed by atoms with van der Waals surface area (Å²) >= 11 is 0. The largest absolute Gasteiger partial charge is 0.324 e. The number of benzene rings is 1. The molecule has 0 saturated heterocycles. The highest BCUT2D eigenvalue weighted by Gasteiger charge is 2.02. The molecular weight excluding hydrogens is 272 g/mol. The SMILES string of the molecule is Cc1cc(-c2ccc(Nc3nc(C)cc(C)n3)cc2)ccn1. The van der Waals surface area contributed by atoms with E-state index in [1.54, 1.807) is 0 Å². The number of nitrogens with one attached hydrogen (secondary N) is 1. The number of hydrogen-bond acceptors (Lipinski definition) is 4. The number of pyridine rings is 1. The van der Waals surface area contributed by atoms with Crippen molar-refractivity contribution in [1.29, 1.82) is 0 Å². The van der Waals surface area contributed by atoms with Gasteiger partial charge in [-0.15, -0.1) is 0 Å². The van der Waals surface area contributed by atoms with Crippen molar-refractivity contribution in [1.82, 2.24) is 15.0 Å². The lowest BCUT2D eigenvalue weighted by molar-refractivity contribution is 1.06. The molecule has 0 fully saturated rings. The van der Waals surface area contributed by atoms with Crippen LogP contribution in [0.1, 0.15) is 17.1 Å². The van der Waals surface area contributed by atoms with Gasteiger partial charge in [-0.1, -0.05) is 12.1 Å². The van der Waals surface area contributed by atoms with Gasteiger partial charge in [-0.25, -0.2) is 9.97 Å². The Labute approximate surface area is 130 Å². The normalized spacial score (nSPS) is 10.5. The van der Waals surface area contributed by atoms with E-state index in [0.29, 0.717) is 5.95 Å². The third-order valence-electron chi connectivity index (χ3n) is 3.35. The lowest BCUT2D eigenvalue weighted by Gasteiger charge is -2.08. The third kappa shape index (κ3) is 3.28. The molecule has 0 atom stereocenters. The molecule has 2 aromatic heterocycles. The topological polar surface area (TPSA) is 50.7 Å². The van der Waals surface area contributed by atoms with Gasteiger partial charge in [-0.2, -0.15) is 0 Å². The minimum Gasteiger partial charge on any atom is -0.324 e. The van der Waals surface area contributed by atoms with Crippen LogP contribution in [0.15, 0.2) is 48.7 Å². The van der Waals surface area contributed by atoms with Crippen molar-refractivity contribution in [3.05, 3.63) is 65.7 Å². The summed E-state index contributed by atoms with van der Waals surface area (Å²) in [6.07, 6.45) is 1.83. The zero-order valence-corrected chi connectivity index (χ0v) is 13.0. The Bertz CT molecular complexity index is 774. The van der Waals surface area contributed by atoms with Gasteiger partial charge in [0.05, 0.1) is 0 Å². The Balaban J connectivity index is 1.82. The number of hydrogen-bond donors (Lipinski definition) is 1. The van der Waals surface area contributed by atoms with Gasteiger partial charge in [0.1, 0.15) is 0 Å². The zero-order valence-electron chi connectivity index (χ0n) is 13.0. The van der Waals surface area contributed by atoms with Gasteiger partial charge >= 0.3 is 0 Å². The number of nitrogens with zero attached hydrogens (tertiary/aromatic N) is 3. The summed E-state index contributed by atoms with van der Waals surface area (Å²) in [5.41, 5.74) is 6.24. The summed E-state index contributed by atoms with van der Waals surface area (Å²) in [7, 11) is 0. The standard InChI is InChI=1S/C18H18N4/c1-12-11-16(8-9-19-12)15-4-6-17(7-5-15)22-18-20-13(2)10-14(3)21-18/h4-11H,1-3H3,(H,20,21,22). The number of rotatable bonds is 3. The number of aryl methyl sites for hydroxylation is 3. The molecule has 0 aliphatic carbocycles. The summed E-state index contributed by atoms with van der Waals surface area (Å²) < 4.78 is 0. The zero-order chi connectivity index (χ0) is 15.5. The monoisotopic (exact) mass is 290 g/mol. The van der Waals surface area contributed by atoms with Crippen molar-refractivity contribution in [2.24, 2.45) is 0 Å². The van der Waals surface area contributed by atoms with Crippen molar-refractivity contribution in [2.75, 3.05) is 5.32 Å². The second kappa shape index (κ2) is 5.93. The molecule has 0 aliphatic heterocycles. The molecule has 4 heteroatoms. The van der Waals surface area contributed by atoms with E-state index < -0.39 is 0 Å². The van der Waals surface area contributed by atoms with Crippen LogP contribution in [-0.4, -0.2) is 15.0 Å². The first-order chi connectivity index (χ1) is 10.6. The van der Waals surface area contributed by atoms with E-state index in [1.165, 1.54) is 5.56 Å². The van der Waals surface area contributed by atoms with E-state index in [-0.39, 0.29) is 0 Å².